The molecule has 2 atom stereocenters. The van der Waals surface area contributed by atoms with Gasteiger partial charge in [-0.3, -0.25) is 0 Å². The zero-order chi connectivity index (χ0) is 15.4. The van der Waals surface area contributed by atoms with E-state index < -0.39 is 0 Å². The fraction of sp³-hybridized carbons (Fsp3) is 0.263. The molecule has 2 heterocycles. The minimum absolute atomic E-state index is 0.222. The minimum Gasteiger partial charge on any atom is -0.363 e. The molecule has 0 saturated carbocycles. The number of benzene rings is 2. The van der Waals surface area contributed by atoms with Gasteiger partial charge >= 0.3 is 5.82 Å². The lowest BCUT2D eigenvalue weighted by atomic mass is 10.1. The van der Waals surface area contributed by atoms with Crippen molar-refractivity contribution < 1.29 is 9.30 Å². The highest BCUT2D eigenvalue weighted by Crippen LogP contribution is 2.35. The van der Waals surface area contributed by atoms with Gasteiger partial charge in [-0.15, -0.1) is 0 Å². The molecule has 0 saturated heterocycles. The van der Waals surface area contributed by atoms with Crippen LogP contribution in [0.25, 0.3) is 5.69 Å². The van der Waals surface area contributed by atoms with Crippen LogP contribution < -0.4 is 4.57 Å². The van der Waals surface area contributed by atoms with Crippen LogP contribution in [0.1, 0.15) is 28.6 Å². The molecule has 0 fully saturated rings. The third kappa shape index (κ3) is 1.88. The second-order valence-corrected chi connectivity index (χ2v) is 6.37. The lowest BCUT2D eigenvalue weighted by molar-refractivity contribution is -0.739. The van der Waals surface area contributed by atoms with Crippen molar-refractivity contribution in [1.82, 2.24) is 9.78 Å². The summed E-state index contributed by atoms with van der Waals surface area (Å²) < 4.78 is 10.4. The Morgan fingerprint density at radius 2 is 1.96 bits per heavy atom. The molecule has 0 spiro atoms. The third-order valence-corrected chi connectivity index (χ3v) is 4.99. The van der Waals surface area contributed by atoms with Gasteiger partial charge < -0.3 is 4.74 Å². The predicted octanol–water partition coefficient (Wildman–Crippen LogP) is 2.51. The summed E-state index contributed by atoms with van der Waals surface area (Å²) in [4.78, 5) is 0. The summed E-state index contributed by atoms with van der Waals surface area (Å²) in [5, 5.41) is 4.77. The zero-order valence-corrected chi connectivity index (χ0v) is 13.0. The monoisotopic (exact) mass is 304 g/mol. The molecule has 0 radical (unpaired) electrons. The fourth-order valence-electron chi connectivity index (χ4n) is 3.86. The highest BCUT2D eigenvalue weighted by Gasteiger charge is 2.43. The lowest BCUT2D eigenvalue weighted by Crippen LogP contribution is -2.51. The fourth-order valence-corrected chi connectivity index (χ4v) is 3.86. The van der Waals surface area contributed by atoms with Crippen LogP contribution in [-0.2, 0) is 17.8 Å². The van der Waals surface area contributed by atoms with Gasteiger partial charge in [0.15, 0.2) is 0 Å². The Morgan fingerprint density at radius 3 is 2.87 bits per heavy atom. The molecule has 1 aromatic heterocycles. The second kappa shape index (κ2) is 4.77. The first-order valence-electron chi connectivity index (χ1n) is 8.06. The van der Waals surface area contributed by atoms with Crippen LogP contribution in [0.5, 0.6) is 0 Å². The van der Waals surface area contributed by atoms with Crippen molar-refractivity contribution in [3.8, 4) is 5.69 Å². The van der Waals surface area contributed by atoms with Crippen molar-refractivity contribution >= 4 is 0 Å². The largest absolute Gasteiger partial charge is 0.363 e. The van der Waals surface area contributed by atoms with Crippen molar-refractivity contribution in [2.24, 2.45) is 0 Å². The maximum atomic E-state index is 6.09. The Hall–Kier alpha value is -2.46. The van der Waals surface area contributed by atoms with Gasteiger partial charge in [0, 0.05) is 11.5 Å². The van der Waals surface area contributed by atoms with Gasteiger partial charge in [-0.05, 0) is 29.7 Å². The number of hydrogen-bond donors (Lipinski definition) is 0. The predicted molar refractivity (Wildman–Crippen MR) is 85.4 cm³/mol. The number of nitrogens with zero attached hydrogens (tertiary/aromatic N) is 3. The van der Waals surface area contributed by atoms with Gasteiger partial charge in [-0.2, -0.15) is 0 Å². The van der Waals surface area contributed by atoms with E-state index >= 15 is 0 Å². The Morgan fingerprint density at radius 1 is 1.13 bits per heavy atom. The van der Waals surface area contributed by atoms with Gasteiger partial charge in [0.2, 0.25) is 6.33 Å². The highest BCUT2D eigenvalue weighted by molar-refractivity contribution is 5.39. The molecule has 2 aliphatic rings. The average Bonchev–Trinajstić information content (AvgIpc) is 3.15. The molecule has 1 aliphatic heterocycles. The number of aryl methyl sites for hydroxylation is 1. The summed E-state index contributed by atoms with van der Waals surface area (Å²) in [5.41, 5.74) is 5.11. The van der Waals surface area contributed by atoms with Crippen molar-refractivity contribution in [1.29, 1.82) is 0 Å². The number of hydrogen-bond acceptors (Lipinski definition) is 2. The number of rotatable bonds is 1. The van der Waals surface area contributed by atoms with Crippen molar-refractivity contribution in [3.63, 3.8) is 0 Å². The van der Waals surface area contributed by atoms with E-state index in [1.54, 1.807) is 0 Å². The average molecular weight is 304 g/mol. The molecule has 1 aliphatic carbocycles. The van der Waals surface area contributed by atoms with Crippen LogP contribution in [0.4, 0.5) is 0 Å². The smallest absolute Gasteiger partial charge is 0.304 e. The lowest BCUT2D eigenvalue weighted by Gasteiger charge is -2.23. The topological polar surface area (TPSA) is 30.9 Å². The van der Waals surface area contributed by atoms with E-state index in [4.69, 9.17) is 9.84 Å². The van der Waals surface area contributed by atoms with Gasteiger partial charge in [-0.1, -0.05) is 47.1 Å². The minimum atomic E-state index is 0.222. The van der Waals surface area contributed by atoms with E-state index in [9.17, 15) is 0 Å². The van der Waals surface area contributed by atoms with Gasteiger partial charge in [0.25, 0.3) is 0 Å². The summed E-state index contributed by atoms with van der Waals surface area (Å²) in [6.45, 7) is 2.69. The maximum Gasteiger partial charge on any atom is 0.304 e. The van der Waals surface area contributed by atoms with Gasteiger partial charge in [-0.25, -0.2) is 4.57 Å². The van der Waals surface area contributed by atoms with E-state index in [1.807, 2.05) is 4.68 Å². The van der Waals surface area contributed by atoms with Gasteiger partial charge in [0.1, 0.15) is 24.4 Å². The quantitative estimate of drug-likeness (QED) is 0.647. The zero-order valence-electron chi connectivity index (χ0n) is 13.0. The van der Waals surface area contributed by atoms with Crippen molar-refractivity contribution in [2.45, 2.75) is 32.1 Å². The van der Waals surface area contributed by atoms with Gasteiger partial charge in [0.05, 0.1) is 0 Å². The van der Waals surface area contributed by atoms with E-state index in [2.05, 4.69) is 66.3 Å². The Bertz CT molecular complexity index is 899. The van der Waals surface area contributed by atoms with E-state index in [0.29, 0.717) is 6.61 Å². The molecule has 0 amide bonds. The van der Waals surface area contributed by atoms with E-state index in [-0.39, 0.29) is 12.1 Å². The van der Waals surface area contributed by atoms with Crippen molar-refractivity contribution in [3.05, 3.63) is 77.4 Å². The van der Waals surface area contributed by atoms with E-state index in [1.165, 1.54) is 16.7 Å². The Kier molecular flexibility index (Phi) is 2.70. The molecule has 23 heavy (non-hydrogen) atoms. The summed E-state index contributed by atoms with van der Waals surface area (Å²) in [6, 6.07) is 17.2. The molecule has 4 heteroatoms. The molecular weight excluding hydrogens is 286 g/mol. The number of aromatic nitrogens is 3. The summed E-state index contributed by atoms with van der Waals surface area (Å²) in [6.07, 6.45) is 3.34. The standard InChI is InChI=1S/C19H18N3O/c1-13-6-2-5-9-16(13)22-12-21-18(20-22)11-23-17-10-14-7-3-4-8-15(14)19(17)21/h2-9,12,17,19H,10-11H2,1H3/q+1. The van der Waals surface area contributed by atoms with Crippen LogP contribution in [0.15, 0.2) is 54.9 Å². The molecule has 5 rings (SSSR count). The molecule has 2 unspecified atom stereocenters. The summed E-state index contributed by atoms with van der Waals surface area (Å²) in [5.74, 6) is 0.992. The normalized spacial score (nSPS) is 21.6. The molecular formula is C19H18N3O+. The molecule has 3 aromatic rings. The van der Waals surface area contributed by atoms with Crippen LogP contribution in [0, 0.1) is 6.92 Å². The molecule has 4 nitrogen and oxygen atoms in total. The van der Waals surface area contributed by atoms with Crippen LogP contribution in [-0.4, -0.2) is 15.9 Å². The second-order valence-electron chi connectivity index (χ2n) is 6.37. The first-order chi connectivity index (χ1) is 11.3. The molecule has 2 aromatic carbocycles. The van der Waals surface area contributed by atoms with Crippen LogP contribution in [0.3, 0.4) is 0 Å². The number of fused-ring (bicyclic) bond motifs is 5. The highest BCUT2D eigenvalue weighted by atomic mass is 16.5. The third-order valence-electron chi connectivity index (χ3n) is 4.99. The van der Waals surface area contributed by atoms with E-state index in [0.717, 1.165) is 17.9 Å². The molecule has 114 valence electrons. The molecule has 0 bridgehead atoms. The van der Waals surface area contributed by atoms with Crippen molar-refractivity contribution in [2.75, 3.05) is 0 Å². The SMILES string of the molecule is Cc1ccccc1-n1c[n+]2c(n1)COC1Cc3ccccc3C12. The Balaban J connectivity index is 1.65. The first-order valence-corrected chi connectivity index (χ1v) is 8.06. The van der Waals surface area contributed by atoms with Crippen LogP contribution in [0.2, 0.25) is 0 Å². The summed E-state index contributed by atoms with van der Waals surface area (Å²) in [7, 11) is 0. The first kappa shape index (κ1) is 13.0. The summed E-state index contributed by atoms with van der Waals surface area (Å²) >= 11 is 0. The van der Waals surface area contributed by atoms with Crippen LogP contribution >= 0.6 is 0 Å². The Labute approximate surface area is 135 Å². The number of ether oxygens (including phenoxy) is 1. The maximum absolute atomic E-state index is 6.09. The number of para-hydroxylation sites is 1. The molecule has 0 N–H and O–H groups in total.